The molecule has 2 saturated heterocycles. The predicted molar refractivity (Wildman–Crippen MR) is 104 cm³/mol. The molecule has 0 bridgehead atoms. The van der Waals surface area contributed by atoms with Gasteiger partial charge in [0.1, 0.15) is 6.04 Å². The van der Waals surface area contributed by atoms with Crippen molar-refractivity contribution in [2.24, 2.45) is 5.92 Å². The fraction of sp³-hybridized carbons (Fsp3) is 0.571. The van der Waals surface area contributed by atoms with E-state index in [1.165, 1.54) is 0 Å². The van der Waals surface area contributed by atoms with Gasteiger partial charge in [0, 0.05) is 26.1 Å². The number of benzene rings is 1. The summed E-state index contributed by atoms with van der Waals surface area (Å²) < 4.78 is 6.10. The minimum Gasteiger partial charge on any atom is -0.370 e. The van der Waals surface area contributed by atoms with Gasteiger partial charge >= 0.3 is 0 Å². The first-order chi connectivity index (χ1) is 13.4. The van der Waals surface area contributed by atoms with Gasteiger partial charge in [0.2, 0.25) is 17.7 Å². The molecule has 0 radical (unpaired) electrons. The highest BCUT2D eigenvalue weighted by Crippen LogP contribution is 2.16. The van der Waals surface area contributed by atoms with Crippen LogP contribution in [-0.4, -0.2) is 65.8 Å². The summed E-state index contributed by atoms with van der Waals surface area (Å²) in [6.45, 7) is 6.03. The normalized spacial score (nSPS) is 23.1. The zero-order valence-electron chi connectivity index (χ0n) is 16.6. The molecule has 0 aliphatic carbocycles. The van der Waals surface area contributed by atoms with Crippen LogP contribution in [-0.2, 0) is 25.7 Å². The van der Waals surface area contributed by atoms with Crippen molar-refractivity contribution >= 4 is 17.7 Å². The quantitative estimate of drug-likeness (QED) is 0.795. The first-order valence-electron chi connectivity index (χ1n) is 9.94. The first kappa shape index (κ1) is 20.3. The minimum absolute atomic E-state index is 0.0309. The van der Waals surface area contributed by atoms with E-state index in [0.717, 1.165) is 5.56 Å². The first-order valence-corrected chi connectivity index (χ1v) is 9.94. The van der Waals surface area contributed by atoms with Gasteiger partial charge in [-0.15, -0.1) is 0 Å². The van der Waals surface area contributed by atoms with Crippen LogP contribution in [0.15, 0.2) is 30.3 Å². The summed E-state index contributed by atoms with van der Waals surface area (Å²) in [6, 6.07) is 9.31. The Morgan fingerprint density at radius 1 is 1.21 bits per heavy atom. The van der Waals surface area contributed by atoms with Gasteiger partial charge in [-0.25, -0.2) is 0 Å². The van der Waals surface area contributed by atoms with E-state index in [1.54, 1.807) is 9.80 Å². The largest absolute Gasteiger partial charge is 0.370 e. The smallest absolute Gasteiger partial charge is 0.245 e. The molecule has 2 aliphatic rings. The number of nitrogens with zero attached hydrogens (tertiary/aromatic N) is 2. The number of amides is 3. The Labute approximate surface area is 166 Å². The standard InChI is InChI=1S/C21H29N3O4/c1-15(2)10-23-11-17(28-14-16-6-4-3-5-7-16)12-24(13-20(23)26)21(27)18-8-9-19(25)22-18/h3-7,15,17-18H,8-14H2,1-2H3,(H,22,25)/t17?,18-/m0/s1. The van der Waals surface area contributed by atoms with Crippen LogP contribution in [0.5, 0.6) is 0 Å². The third-order valence-corrected chi connectivity index (χ3v) is 5.05. The molecule has 7 nitrogen and oxygen atoms in total. The lowest BCUT2D eigenvalue weighted by atomic mass is 10.2. The van der Waals surface area contributed by atoms with Crippen LogP contribution >= 0.6 is 0 Å². The van der Waals surface area contributed by atoms with Gasteiger partial charge in [-0.1, -0.05) is 44.2 Å². The second kappa shape index (κ2) is 9.19. The summed E-state index contributed by atoms with van der Waals surface area (Å²) in [5.74, 6) is -0.0519. The average Bonchev–Trinajstić information content (AvgIpc) is 3.04. The summed E-state index contributed by atoms with van der Waals surface area (Å²) in [5.41, 5.74) is 1.05. The van der Waals surface area contributed by atoms with Crippen molar-refractivity contribution in [1.29, 1.82) is 0 Å². The Kier molecular flexibility index (Phi) is 6.67. The van der Waals surface area contributed by atoms with Crippen molar-refractivity contribution in [1.82, 2.24) is 15.1 Å². The highest BCUT2D eigenvalue weighted by atomic mass is 16.5. The van der Waals surface area contributed by atoms with Crippen molar-refractivity contribution in [3.63, 3.8) is 0 Å². The van der Waals surface area contributed by atoms with Crippen LogP contribution in [0.1, 0.15) is 32.3 Å². The van der Waals surface area contributed by atoms with Crippen molar-refractivity contribution in [3.8, 4) is 0 Å². The third kappa shape index (κ3) is 5.32. The lowest BCUT2D eigenvalue weighted by Crippen LogP contribution is -2.48. The zero-order chi connectivity index (χ0) is 20.1. The highest BCUT2D eigenvalue weighted by Gasteiger charge is 2.36. The van der Waals surface area contributed by atoms with E-state index in [9.17, 15) is 14.4 Å². The molecule has 7 heteroatoms. The maximum absolute atomic E-state index is 12.9. The fourth-order valence-electron chi connectivity index (χ4n) is 3.68. The lowest BCUT2D eigenvalue weighted by molar-refractivity contribution is -0.140. The molecule has 2 atom stereocenters. The Bertz CT molecular complexity index is 707. The molecule has 1 aromatic rings. The SMILES string of the molecule is CC(C)CN1CC(OCc2ccccc2)CN(C(=O)[C@@H]2CCC(=O)N2)CC1=O. The Morgan fingerprint density at radius 2 is 1.96 bits per heavy atom. The van der Waals surface area contributed by atoms with E-state index in [-0.39, 0.29) is 30.4 Å². The summed E-state index contributed by atoms with van der Waals surface area (Å²) in [6.07, 6.45) is 0.561. The van der Waals surface area contributed by atoms with Gasteiger partial charge in [-0.3, -0.25) is 14.4 Å². The molecular weight excluding hydrogens is 358 g/mol. The number of carbonyl (C=O) groups excluding carboxylic acids is 3. The van der Waals surface area contributed by atoms with E-state index >= 15 is 0 Å². The number of carbonyl (C=O) groups is 3. The van der Waals surface area contributed by atoms with E-state index in [0.29, 0.717) is 45.0 Å². The monoisotopic (exact) mass is 387 g/mol. The van der Waals surface area contributed by atoms with Gasteiger partial charge in [0.05, 0.1) is 19.3 Å². The molecule has 3 rings (SSSR count). The molecule has 2 aliphatic heterocycles. The van der Waals surface area contributed by atoms with E-state index < -0.39 is 6.04 Å². The summed E-state index contributed by atoms with van der Waals surface area (Å²) in [7, 11) is 0. The number of hydrogen-bond donors (Lipinski definition) is 1. The average molecular weight is 387 g/mol. The van der Waals surface area contributed by atoms with Crippen molar-refractivity contribution in [3.05, 3.63) is 35.9 Å². The number of nitrogens with one attached hydrogen (secondary N) is 1. The highest BCUT2D eigenvalue weighted by molar-refractivity contribution is 5.93. The second-order valence-electron chi connectivity index (χ2n) is 7.99. The molecule has 0 spiro atoms. The van der Waals surface area contributed by atoms with Crippen LogP contribution in [0.25, 0.3) is 0 Å². The van der Waals surface area contributed by atoms with Crippen LogP contribution in [0.2, 0.25) is 0 Å². The van der Waals surface area contributed by atoms with Crippen LogP contribution in [0.4, 0.5) is 0 Å². The molecule has 1 N–H and O–H groups in total. The van der Waals surface area contributed by atoms with Crippen LogP contribution in [0.3, 0.4) is 0 Å². The number of hydrogen-bond acceptors (Lipinski definition) is 4. The van der Waals surface area contributed by atoms with E-state index in [4.69, 9.17) is 4.74 Å². The zero-order valence-corrected chi connectivity index (χ0v) is 16.6. The van der Waals surface area contributed by atoms with Crippen LogP contribution < -0.4 is 5.32 Å². The fourth-order valence-corrected chi connectivity index (χ4v) is 3.68. The van der Waals surface area contributed by atoms with Gasteiger partial charge in [-0.05, 0) is 17.9 Å². The van der Waals surface area contributed by atoms with Gasteiger partial charge in [0.15, 0.2) is 0 Å². The Balaban J connectivity index is 1.71. The molecule has 2 heterocycles. The van der Waals surface area contributed by atoms with Crippen molar-refractivity contribution in [2.45, 2.75) is 45.4 Å². The van der Waals surface area contributed by atoms with Crippen molar-refractivity contribution < 1.29 is 19.1 Å². The van der Waals surface area contributed by atoms with Gasteiger partial charge < -0.3 is 19.9 Å². The second-order valence-corrected chi connectivity index (χ2v) is 7.99. The molecular formula is C21H29N3O4. The maximum Gasteiger partial charge on any atom is 0.245 e. The molecule has 3 amide bonds. The van der Waals surface area contributed by atoms with E-state index in [1.807, 2.05) is 30.3 Å². The number of rotatable bonds is 6. The molecule has 0 saturated carbocycles. The summed E-state index contributed by atoms with van der Waals surface area (Å²) in [4.78, 5) is 40.5. The van der Waals surface area contributed by atoms with Gasteiger partial charge in [0.25, 0.3) is 0 Å². The summed E-state index contributed by atoms with van der Waals surface area (Å²) in [5, 5.41) is 2.71. The molecule has 1 aromatic carbocycles. The molecule has 2 fully saturated rings. The van der Waals surface area contributed by atoms with Crippen LogP contribution in [0, 0.1) is 5.92 Å². The third-order valence-electron chi connectivity index (χ3n) is 5.05. The molecule has 28 heavy (non-hydrogen) atoms. The minimum atomic E-state index is -0.535. The predicted octanol–water partition coefficient (Wildman–Crippen LogP) is 1.18. The Morgan fingerprint density at radius 3 is 2.61 bits per heavy atom. The lowest BCUT2D eigenvalue weighted by Gasteiger charge is -2.26. The summed E-state index contributed by atoms with van der Waals surface area (Å²) >= 11 is 0. The van der Waals surface area contributed by atoms with Gasteiger partial charge in [-0.2, -0.15) is 0 Å². The maximum atomic E-state index is 12.9. The Hall–Kier alpha value is -2.41. The van der Waals surface area contributed by atoms with E-state index in [2.05, 4.69) is 19.2 Å². The molecule has 0 aromatic heterocycles. The number of ether oxygens (including phenoxy) is 1. The molecule has 1 unspecified atom stereocenters. The topological polar surface area (TPSA) is 79.0 Å². The van der Waals surface area contributed by atoms with Crippen molar-refractivity contribution in [2.75, 3.05) is 26.2 Å². The molecule has 152 valence electrons.